The zero-order chi connectivity index (χ0) is 23.5. The van der Waals surface area contributed by atoms with Gasteiger partial charge in [0.25, 0.3) is 0 Å². The molecule has 0 bridgehead atoms. The highest BCUT2D eigenvalue weighted by Crippen LogP contribution is 2.34. The fourth-order valence-electron chi connectivity index (χ4n) is 4.17. The number of anilines is 2. The van der Waals surface area contributed by atoms with Crippen LogP contribution in [0.2, 0.25) is 0 Å². The van der Waals surface area contributed by atoms with Crippen LogP contribution >= 0.6 is 0 Å². The molecule has 174 valence electrons. The number of halogens is 1. The van der Waals surface area contributed by atoms with E-state index >= 15 is 0 Å². The Balaban J connectivity index is 1.38. The third-order valence-corrected chi connectivity index (χ3v) is 6.20. The molecule has 0 spiro atoms. The largest absolute Gasteiger partial charge is 0.494 e. The van der Waals surface area contributed by atoms with Gasteiger partial charge in [-0.3, -0.25) is 0 Å². The van der Waals surface area contributed by atoms with Crippen LogP contribution in [0.25, 0.3) is 22.0 Å². The Morgan fingerprint density at radius 1 is 0.941 bits per heavy atom. The number of ether oxygens (including phenoxy) is 1. The second-order valence-electron chi connectivity index (χ2n) is 8.47. The maximum Gasteiger partial charge on any atom is 0.145 e. The number of aromatic nitrogens is 3. The maximum atomic E-state index is 13.4. The molecule has 34 heavy (non-hydrogen) atoms. The van der Waals surface area contributed by atoms with E-state index in [1.807, 2.05) is 18.3 Å². The summed E-state index contributed by atoms with van der Waals surface area (Å²) in [7, 11) is 3.76. The number of hydrogen-bond donors (Lipinski definition) is 1. The van der Waals surface area contributed by atoms with Gasteiger partial charge in [0, 0.05) is 44.3 Å². The molecule has 0 atom stereocenters. The van der Waals surface area contributed by atoms with E-state index in [0.717, 1.165) is 59.6 Å². The van der Waals surface area contributed by atoms with Crippen molar-refractivity contribution in [2.75, 3.05) is 50.6 Å². The minimum atomic E-state index is -0.269. The Morgan fingerprint density at radius 2 is 1.74 bits per heavy atom. The minimum Gasteiger partial charge on any atom is -0.494 e. The van der Waals surface area contributed by atoms with Crippen molar-refractivity contribution in [1.29, 1.82) is 0 Å². The van der Waals surface area contributed by atoms with Crippen LogP contribution in [0.15, 0.2) is 61.1 Å². The molecule has 0 amide bonds. The van der Waals surface area contributed by atoms with Gasteiger partial charge in [-0.25, -0.2) is 19.3 Å². The number of nitrogens with one attached hydrogen (secondary N) is 1. The standard InChI is InChI=1S/C26H27FN6O/c1-32-9-11-33(12-10-32)24-8-3-18(15-28-24)16-29-26-22-13-20(19-4-6-21(27)7-5-19)14-23(34-2)25(22)30-17-31-26/h3-8,13-15,17H,9-12,16H2,1-2H3,(H,29,30,31). The molecule has 3 heterocycles. The molecule has 8 heteroatoms. The Morgan fingerprint density at radius 3 is 2.44 bits per heavy atom. The molecule has 0 saturated carbocycles. The van der Waals surface area contributed by atoms with Crippen molar-refractivity contribution in [3.63, 3.8) is 0 Å². The predicted molar refractivity (Wildman–Crippen MR) is 133 cm³/mol. The summed E-state index contributed by atoms with van der Waals surface area (Å²) < 4.78 is 19.0. The first-order chi connectivity index (χ1) is 16.6. The highest BCUT2D eigenvalue weighted by atomic mass is 19.1. The van der Waals surface area contributed by atoms with Crippen molar-refractivity contribution in [3.05, 3.63) is 72.4 Å². The van der Waals surface area contributed by atoms with Gasteiger partial charge >= 0.3 is 0 Å². The molecule has 5 rings (SSSR count). The average molecular weight is 459 g/mol. The van der Waals surface area contributed by atoms with Gasteiger partial charge in [-0.2, -0.15) is 0 Å². The van der Waals surface area contributed by atoms with Crippen LogP contribution in [0.4, 0.5) is 16.0 Å². The van der Waals surface area contributed by atoms with Gasteiger partial charge in [-0.1, -0.05) is 18.2 Å². The third-order valence-electron chi connectivity index (χ3n) is 6.20. The molecule has 0 aliphatic carbocycles. The van der Waals surface area contributed by atoms with Gasteiger partial charge in [0.2, 0.25) is 0 Å². The monoisotopic (exact) mass is 458 g/mol. The van der Waals surface area contributed by atoms with E-state index in [1.165, 1.54) is 18.5 Å². The van der Waals surface area contributed by atoms with E-state index in [0.29, 0.717) is 18.1 Å². The first-order valence-electron chi connectivity index (χ1n) is 11.3. The van der Waals surface area contributed by atoms with Crippen molar-refractivity contribution >= 4 is 22.5 Å². The lowest BCUT2D eigenvalue weighted by Crippen LogP contribution is -2.44. The maximum absolute atomic E-state index is 13.4. The number of methoxy groups -OCH3 is 1. The highest BCUT2D eigenvalue weighted by Gasteiger charge is 2.15. The minimum absolute atomic E-state index is 0.269. The third kappa shape index (κ3) is 4.63. The van der Waals surface area contributed by atoms with Crippen LogP contribution in [-0.4, -0.2) is 60.2 Å². The molecular formula is C26H27FN6O. The Kier molecular flexibility index (Phi) is 6.22. The summed E-state index contributed by atoms with van der Waals surface area (Å²) in [6.45, 7) is 4.66. The topological polar surface area (TPSA) is 66.4 Å². The van der Waals surface area contributed by atoms with Gasteiger partial charge in [-0.05, 0) is 54.1 Å². The Bertz CT molecular complexity index is 1270. The summed E-state index contributed by atoms with van der Waals surface area (Å²) in [6.07, 6.45) is 3.44. The van der Waals surface area contributed by atoms with Crippen LogP contribution in [0.1, 0.15) is 5.56 Å². The average Bonchev–Trinajstić information content (AvgIpc) is 2.88. The van der Waals surface area contributed by atoms with Crippen molar-refractivity contribution in [1.82, 2.24) is 19.9 Å². The number of fused-ring (bicyclic) bond motifs is 1. The lowest BCUT2D eigenvalue weighted by Gasteiger charge is -2.33. The van der Waals surface area contributed by atoms with Crippen LogP contribution in [-0.2, 0) is 6.54 Å². The summed E-state index contributed by atoms with van der Waals surface area (Å²) >= 11 is 0. The summed E-state index contributed by atoms with van der Waals surface area (Å²) in [5.41, 5.74) is 3.57. The number of rotatable bonds is 6. The molecule has 2 aromatic carbocycles. The number of hydrogen-bond acceptors (Lipinski definition) is 7. The lowest BCUT2D eigenvalue weighted by atomic mass is 10.0. The van der Waals surface area contributed by atoms with Gasteiger partial charge in [0.15, 0.2) is 0 Å². The second-order valence-corrected chi connectivity index (χ2v) is 8.47. The number of piperazine rings is 1. The normalized spacial score (nSPS) is 14.4. The van der Waals surface area contributed by atoms with Crippen molar-refractivity contribution in [2.24, 2.45) is 0 Å². The summed E-state index contributed by atoms with van der Waals surface area (Å²) in [6, 6.07) is 14.5. The van der Waals surface area contributed by atoms with E-state index in [4.69, 9.17) is 4.74 Å². The molecule has 1 aliphatic heterocycles. The number of likely N-dealkylation sites (N-methyl/N-ethyl adjacent to an activating group) is 1. The van der Waals surface area contributed by atoms with Crippen LogP contribution in [0, 0.1) is 5.82 Å². The smallest absolute Gasteiger partial charge is 0.145 e. The van der Waals surface area contributed by atoms with E-state index in [9.17, 15) is 4.39 Å². The van der Waals surface area contributed by atoms with Gasteiger partial charge in [0.1, 0.15) is 35.0 Å². The van der Waals surface area contributed by atoms with Crippen LogP contribution in [0.5, 0.6) is 5.75 Å². The molecule has 1 aliphatic rings. The van der Waals surface area contributed by atoms with Crippen LogP contribution < -0.4 is 15.0 Å². The zero-order valence-corrected chi connectivity index (χ0v) is 19.3. The van der Waals surface area contributed by atoms with Crippen molar-refractivity contribution in [3.8, 4) is 16.9 Å². The predicted octanol–water partition coefficient (Wildman–Crippen LogP) is 4.20. The van der Waals surface area contributed by atoms with E-state index < -0.39 is 0 Å². The van der Waals surface area contributed by atoms with E-state index in [1.54, 1.807) is 19.2 Å². The fraction of sp³-hybridized carbons (Fsp3) is 0.269. The lowest BCUT2D eigenvalue weighted by molar-refractivity contribution is 0.312. The molecule has 1 fully saturated rings. The Labute approximate surface area is 198 Å². The van der Waals surface area contributed by atoms with Crippen molar-refractivity contribution in [2.45, 2.75) is 6.54 Å². The summed E-state index contributed by atoms with van der Waals surface area (Å²) in [5, 5.41) is 4.26. The SMILES string of the molecule is COc1cc(-c2ccc(F)cc2)cc2c(NCc3ccc(N4CCN(C)CC4)nc3)ncnc12. The number of benzene rings is 2. The molecule has 0 radical (unpaired) electrons. The molecule has 2 aromatic heterocycles. The molecular weight excluding hydrogens is 431 g/mol. The molecule has 4 aromatic rings. The van der Waals surface area contributed by atoms with E-state index in [-0.39, 0.29) is 5.82 Å². The second kappa shape index (κ2) is 9.61. The molecule has 7 nitrogen and oxygen atoms in total. The molecule has 1 saturated heterocycles. The van der Waals surface area contributed by atoms with Gasteiger partial charge in [0.05, 0.1) is 7.11 Å². The first-order valence-corrected chi connectivity index (χ1v) is 11.3. The summed E-state index contributed by atoms with van der Waals surface area (Å²) in [4.78, 5) is 18.2. The zero-order valence-electron chi connectivity index (χ0n) is 19.3. The molecule has 0 unspecified atom stereocenters. The van der Waals surface area contributed by atoms with Gasteiger partial charge < -0.3 is 19.9 Å². The number of pyridine rings is 1. The highest BCUT2D eigenvalue weighted by molar-refractivity contribution is 5.96. The number of nitrogens with zero attached hydrogens (tertiary/aromatic N) is 5. The van der Waals surface area contributed by atoms with Crippen molar-refractivity contribution < 1.29 is 9.13 Å². The Hall–Kier alpha value is -3.78. The van der Waals surface area contributed by atoms with Crippen LogP contribution in [0.3, 0.4) is 0 Å². The molecule has 1 N–H and O–H groups in total. The quantitative estimate of drug-likeness (QED) is 0.464. The first kappa shape index (κ1) is 22.0. The van der Waals surface area contributed by atoms with E-state index in [2.05, 4.69) is 49.2 Å². The van der Waals surface area contributed by atoms with Gasteiger partial charge in [-0.15, -0.1) is 0 Å². The fourth-order valence-corrected chi connectivity index (χ4v) is 4.17. The summed E-state index contributed by atoms with van der Waals surface area (Å²) in [5.74, 6) is 2.09.